The topological polar surface area (TPSA) is 41.6 Å². The van der Waals surface area contributed by atoms with E-state index in [1.54, 1.807) is 0 Å². The van der Waals surface area contributed by atoms with E-state index < -0.39 is 0 Å². The number of nitrogens with zero attached hydrogens (tertiary/aromatic N) is 2. The second-order valence-electron chi connectivity index (χ2n) is 6.88. The minimum Gasteiger partial charge on any atom is -0.343 e. The summed E-state index contributed by atoms with van der Waals surface area (Å²) >= 11 is 0. The van der Waals surface area contributed by atoms with E-state index in [9.17, 15) is 0 Å². The second-order valence-corrected chi connectivity index (χ2v) is 6.88. The van der Waals surface area contributed by atoms with Crippen LogP contribution in [0.4, 0.5) is 0 Å². The fourth-order valence-electron chi connectivity index (χ4n) is 3.29. The summed E-state index contributed by atoms with van der Waals surface area (Å²) in [5, 5.41) is 0. The Bertz CT molecular complexity index is 334. The molecule has 0 aromatic rings. The zero-order valence-electron chi connectivity index (χ0n) is 15.6. The Balaban J connectivity index is 1.83. The number of nitrogens with two attached hydrogens (primary N) is 1. The van der Waals surface area contributed by atoms with E-state index in [0.717, 1.165) is 19.5 Å². The first-order valence-corrected chi connectivity index (χ1v) is 9.92. The van der Waals surface area contributed by atoms with Crippen LogP contribution in [0.15, 0.2) is 17.1 Å². The number of aliphatic imine (C=N–C) groups is 1. The fraction of sp³-hybridized carbons (Fsp3) is 0.850. The Hall–Kier alpha value is -0.830. The first-order valence-electron chi connectivity index (χ1n) is 9.92. The molecule has 1 aliphatic rings. The van der Waals surface area contributed by atoms with E-state index in [2.05, 4.69) is 35.9 Å². The van der Waals surface area contributed by atoms with Gasteiger partial charge in [0.15, 0.2) is 0 Å². The number of amidine groups is 1. The summed E-state index contributed by atoms with van der Waals surface area (Å²) in [7, 11) is 0. The minimum atomic E-state index is 0.120. The first-order chi connectivity index (χ1) is 11.3. The summed E-state index contributed by atoms with van der Waals surface area (Å²) in [4.78, 5) is 6.85. The predicted octanol–water partition coefficient (Wildman–Crippen LogP) is 5.26. The lowest BCUT2D eigenvalue weighted by molar-refractivity contribution is 0.358. The fourth-order valence-corrected chi connectivity index (χ4v) is 3.29. The monoisotopic (exact) mass is 321 g/mol. The van der Waals surface area contributed by atoms with Gasteiger partial charge in [-0.05, 0) is 33.1 Å². The van der Waals surface area contributed by atoms with Crippen molar-refractivity contribution in [1.29, 1.82) is 0 Å². The molecule has 0 aromatic heterocycles. The number of hydrogen-bond donors (Lipinski definition) is 1. The summed E-state index contributed by atoms with van der Waals surface area (Å²) in [5.41, 5.74) is 5.97. The highest BCUT2D eigenvalue weighted by molar-refractivity contribution is 5.83. The van der Waals surface area contributed by atoms with Crippen molar-refractivity contribution in [2.75, 3.05) is 13.1 Å². The van der Waals surface area contributed by atoms with Crippen LogP contribution in [0.25, 0.3) is 0 Å². The van der Waals surface area contributed by atoms with Crippen molar-refractivity contribution in [3.8, 4) is 0 Å². The Labute approximate surface area is 144 Å². The Morgan fingerprint density at radius 2 is 1.57 bits per heavy atom. The van der Waals surface area contributed by atoms with E-state index in [1.165, 1.54) is 76.5 Å². The van der Waals surface area contributed by atoms with Crippen molar-refractivity contribution in [3.05, 3.63) is 12.2 Å². The zero-order valence-corrected chi connectivity index (χ0v) is 15.6. The molecule has 0 fully saturated rings. The Kier molecular flexibility index (Phi) is 11.9. The molecule has 2 N–H and O–H groups in total. The van der Waals surface area contributed by atoms with Crippen LogP contribution in [0.1, 0.15) is 90.9 Å². The molecule has 0 radical (unpaired) electrons. The summed E-state index contributed by atoms with van der Waals surface area (Å²) in [6.45, 7) is 6.12. The van der Waals surface area contributed by atoms with Crippen LogP contribution in [0.5, 0.6) is 0 Å². The molecular formula is C20H39N3. The van der Waals surface area contributed by atoms with Gasteiger partial charge in [-0.25, -0.2) is 0 Å². The summed E-state index contributed by atoms with van der Waals surface area (Å²) in [5.74, 6) is 1.25. The van der Waals surface area contributed by atoms with Gasteiger partial charge >= 0.3 is 0 Å². The molecule has 0 saturated carbocycles. The second kappa shape index (κ2) is 13.6. The molecule has 1 unspecified atom stereocenters. The lowest BCUT2D eigenvalue weighted by Gasteiger charge is -2.24. The van der Waals surface area contributed by atoms with Gasteiger partial charge in [-0.1, -0.05) is 63.5 Å². The maximum Gasteiger partial charge on any atom is 0.100 e. The van der Waals surface area contributed by atoms with Gasteiger partial charge in [-0.2, -0.15) is 0 Å². The minimum absolute atomic E-state index is 0.120. The highest BCUT2D eigenvalue weighted by atomic mass is 15.3. The van der Waals surface area contributed by atoms with Crippen molar-refractivity contribution in [2.24, 2.45) is 10.7 Å². The smallest absolute Gasteiger partial charge is 0.100 e. The van der Waals surface area contributed by atoms with Gasteiger partial charge in [0.2, 0.25) is 0 Å². The third-order valence-corrected chi connectivity index (χ3v) is 4.72. The Morgan fingerprint density at radius 3 is 2.13 bits per heavy atom. The van der Waals surface area contributed by atoms with Crippen molar-refractivity contribution < 1.29 is 0 Å². The van der Waals surface area contributed by atoms with E-state index in [-0.39, 0.29) is 6.17 Å². The van der Waals surface area contributed by atoms with Crippen LogP contribution in [0.2, 0.25) is 0 Å². The molecule has 3 nitrogen and oxygen atoms in total. The molecule has 0 spiro atoms. The van der Waals surface area contributed by atoms with Crippen molar-refractivity contribution in [3.63, 3.8) is 0 Å². The van der Waals surface area contributed by atoms with Crippen LogP contribution in [-0.2, 0) is 0 Å². The van der Waals surface area contributed by atoms with Gasteiger partial charge in [0, 0.05) is 13.0 Å². The van der Waals surface area contributed by atoms with Crippen molar-refractivity contribution >= 4 is 5.84 Å². The van der Waals surface area contributed by atoms with Crippen LogP contribution in [-0.4, -0.2) is 30.0 Å². The quantitative estimate of drug-likeness (QED) is 0.350. The van der Waals surface area contributed by atoms with E-state index in [0.29, 0.717) is 0 Å². The molecule has 1 atom stereocenters. The first kappa shape index (κ1) is 20.2. The molecule has 0 aromatic carbocycles. The largest absolute Gasteiger partial charge is 0.343 e. The molecule has 0 amide bonds. The molecule has 1 aliphatic heterocycles. The van der Waals surface area contributed by atoms with Gasteiger partial charge in [-0.15, -0.1) is 0 Å². The highest BCUT2D eigenvalue weighted by Crippen LogP contribution is 2.14. The normalized spacial score (nSPS) is 16.3. The lowest BCUT2D eigenvalue weighted by Crippen LogP contribution is -2.41. The standard InChI is InChI=1S/C20H39N3/c1-3-4-5-6-7-8-9-10-11-12-13-14-15-16-20-22-17-18-23(20)19(2)21/h3-4,19H,5-18,21H2,1-2H3/b4-3+. The summed E-state index contributed by atoms with van der Waals surface area (Å²) < 4.78 is 0. The van der Waals surface area contributed by atoms with Gasteiger partial charge in [0.25, 0.3) is 0 Å². The van der Waals surface area contributed by atoms with E-state index >= 15 is 0 Å². The maximum atomic E-state index is 5.97. The molecule has 0 aliphatic carbocycles. The zero-order chi connectivity index (χ0) is 16.8. The maximum absolute atomic E-state index is 5.97. The van der Waals surface area contributed by atoms with Gasteiger partial charge in [0.05, 0.1) is 12.7 Å². The average molecular weight is 322 g/mol. The van der Waals surface area contributed by atoms with Crippen LogP contribution < -0.4 is 5.73 Å². The molecule has 0 saturated heterocycles. The molecule has 1 rings (SSSR count). The average Bonchev–Trinajstić information content (AvgIpc) is 3.00. The predicted molar refractivity (Wildman–Crippen MR) is 103 cm³/mol. The third kappa shape index (κ3) is 9.80. The molecule has 0 bridgehead atoms. The Morgan fingerprint density at radius 1 is 1.00 bits per heavy atom. The summed E-state index contributed by atoms with van der Waals surface area (Å²) in [6, 6.07) is 0. The van der Waals surface area contributed by atoms with Crippen molar-refractivity contribution in [1.82, 2.24) is 4.90 Å². The molecule has 23 heavy (non-hydrogen) atoms. The molecular weight excluding hydrogens is 282 g/mol. The molecule has 1 heterocycles. The van der Waals surface area contributed by atoms with Gasteiger partial charge in [0.1, 0.15) is 5.84 Å². The molecule has 3 heteroatoms. The lowest BCUT2D eigenvalue weighted by atomic mass is 10.0. The number of rotatable bonds is 14. The van der Waals surface area contributed by atoms with Crippen LogP contribution >= 0.6 is 0 Å². The van der Waals surface area contributed by atoms with Crippen LogP contribution in [0.3, 0.4) is 0 Å². The van der Waals surface area contributed by atoms with Crippen molar-refractivity contribution in [2.45, 2.75) is 97.1 Å². The molecule has 134 valence electrons. The number of unbranched alkanes of at least 4 members (excludes halogenated alkanes) is 10. The van der Waals surface area contributed by atoms with E-state index in [4.69, 9.17) is 5.73 Å². The van der Waals surface area contributed by atoms with E-state index in [1.807, 2.05) is 0 Å². The summed E-state index contributed by atoms with van der Waals surface area (Å²) in [6.07, 6.45) is 20.8. The number of hydrogen-bond acceptors (Lipinski definition) is 3. The van der Waals surface area contributed by atoms with Gasteiger partial charge < -0.3 is 10.6 Å². The SMILES string of the molecule is C/C=C/CCCCCCCCCCCCC1=NCCN1C(C)N. The van der Waals surface area contributed by atoms with Crippen LogP contribution in [0, 0.1) is 0 Å². The van der Waals surface area contributed by atoms with Gasteiger partial charge in [-0.3, -0.25) is 4.99 Å². The number of allylic oxidation sites excluding steroid dienone is 2. The third-order valence-electron chi connectivity index (χ3n) is 4.72. The highest BCUT2D eigenvalue weighted by Gasteiger charge is 2.18.